The van der Waals surface area contributed by atoms with Crippen molar-refractivity contribution < 1.29 is 9.53 Å². The highest BCUT2D eigenvalue weighted by Gasteiger charge is 2.32. The predicted molar refractivity (Wildman–Crippen MR) is 104 cm³/mol. The molecule has 2 aliphatic rings. The lowest BCUT2D eigenvalue weighted by Crippen LogP contribution is -2.52. The highest BCUT2D eigenvalue weighted by atomic mass is 127. The molecule has 1 saturated carbocycles. The molecule has 1 aliphatic heterocycles. The quantitative estimate of drug-likeness (QED) is 0.650. The van der Waals surface area contributed by atoms with Crippen molar-refractivity contribution in [1.82, 2.24) is 20.0 Å². The van der Waals surface area contributed by atoms with Gasteiger partial charge in [-0.05, 0) is 68.2 Å². The van der Waals surface area contributed by atoms with Gasteiger partial charge in [-0.3, -0.25) is 9.69 Å². The molecule has 25 heavy (non-hydrogen) atoms. The number of rotatable bonds is 4. The van der Waals surface area contributed by atoms with Crippen LogP contribution in [0.3, 0.4) is 0 Å². The number of ether oxygens (including phenoxy) is 1. The van der Waals surface area contributed by atoms with Gasteiger partial charge < -0.3 is 9.64 Å². The van der Waals surface area contributed by atoms with Crippen molar-refractivity contribution in [2.24, 2.45) is 5.92 Å². The Kier molecular flexibility index (Phi) is 6.49. The van der Waals surface area contributed by atoms with Crippen LogP contribution in [0.2, 0.25) is 0 Å². The molecule has 3 rings (SSSR count). The van der Waals surface area contributed by atoms with E-state index in [2.05, 4.69) is 56.4 Å². The van der Waals surface area contributed by atoms with Crippen molar-refractivity contribution >= 4 is 28.5 Å². The molecule has 1 aromatic heterocycles. The first-order chi connectivity index (χ1) is 12.0. The smallest absolute Gasteiger partial charge is 0.233 e. The third-order valence-electron chi connectivity index (χ3n) is 5.27. The number of halogens is 1. The van der Waals surface area contributed by atoms with Gasteiger partial charge in [0, 0.05) is 44.2 Å². The third kappa shape index (κ3) is 5.03. The van der Waals surface area contributed by atoms with Gasteiger partial charge in [0.15, 0.2) is 0 Å². The number of hydrogen-bond acceptors (Lipinski definition) is 5. The molecule has 1 aliphatic carbocycles. The SMILES string of the molecule is CC(C)N1CCN(C(=O)[C@H]2CC[C@H](Oc3ccc(I)nn3)CC2)CC1. The fourth-order valence-electron chi connectivity index (χ4n) is 3.68. The Balaban J connectivity index is 1.44. The number of amides is 1. The van der Waals surface area contributed by atoms with E-state index in [-0.39, 0.29) is 12.0 Å². The summed E-state index contributed by atoms with van der Waals surface area (Å²) in [6.07, 6.45) is 3.79. The number of piperazine rings is 1. The number of hydrogen-bond donors (Lipinski definition) is 0. The molecule has 1 saturated heterocycles. The van der Waals surface area contributed by atoms with E-state index in [4.69, 9.17) is 4.74 Å². The molecule has 0 aromatic carbocycles. The average molecular weight is 458 g/mol. The van der Waals surface area contributed by atoms with Gasteiger partial charge >= 0.3 is 0 Å². The highest BCUT2D eigenvalue weighted by Crippen LogP contribution is 2.29. The first kappa shape index (κ1) is 18.8. The lowest BCUT2D eigenvalue weighted by molar-refractivity contribution is -0.139. The van der Waals surface area contributed by atoms with Gasteiger partial charge in [0.05, 0.1) is 0 Å². The largest absolute Gasteiger partial charge is 0.473 e. The first-order valence-electron chi connectivity index (χ1n) is 9.21. The minimum atomic E-state index is 0.149. The number of aromatic nitrogens is 2. The molecule has 0 radical (unpaired) electrons. The Morgan fingerprint density at radius 3 is 2.36 bits per heavy atom. The van der Waals surface area contributed by atoms with Crippen LogP contribution in [0.5, 0.6) is 5.88 Å². The van der Waals surface area contributed by atoms with E-state index in [1.165, 1.54) is 0 Å². The molecule has 7 heteroatoms. The van der Waals surface area contributed by atoms with Crippen LogP contribution in [-0.2, 0) is 4.79 Å². The van der Waals surface area contributed by atoms with Gasteiger partial charge in [0.25, 0.3) is 0 Å². The molecule has 6 nitrogen and oxygen atoms in total. The van der Waals surface area contributed by atoms with Gasteiger partial charge in [-0.2, -0.15) is 0 Å². The Morgan fingerprint density at radius 1 is 1.12 bits per heavy atom. The summed E-state index contributed by atoms with van der Waals surface area (Å²) in [6.45, 7) is 8.16. The van der Waals surface area contributed by atoms with E-state index in [9.17, 15) is 4.79 Å². The van der Waals surface area contributed by atoms with Crippen molar-refractivity contribution in [1.29, 1.82) is 0 Å². The van der Waals surface area contributed by atoms with Crippen molar-refractivity contribution in [3.05, 3.63) is 15.8 Å². The molecule has 0 unspecified atom stereocenters. The summed E-state index contributed by atoms with van der Waals surface area (Å²) in [5, 5.41) is 8.08. The van der Waals surface area contributed by atoms with Crippen molar-refractivity contribution in [3.63, 3.8) is 0 Å². The summed E-state index contributed by atoms with van der Waals surface area (Å²) in [5.74, 6) is 1.09. The summed E-state index contributed by atoms with van der Waals surface area (Å²) >= 11 is 2.13. The average Bonchev–Trinajstić information content (AvgIpc) is 2.64. The zero-order valence-electron chi connectivity index (χ0n) is 15.0. The minimum absolute atomic E-state index is 0.149. The zero-order chi connectivity index (χ0) is 17.8. The predicted octanol–water partition coefficient (Wildman–Crippen LogP) is 2.57. The van der Waals surface area contributed by atoms with Crippen LogP contribution in [0.1, 0.15) is 39.5 Å². The van der Waals surface area contributed by atoms with E-state index < -0.39 is 0 Å². The van der Waals surface area contributed by atoms with E-state index in [0.29, 0.717) is 17.8 Å². The number of carbonyl (C=O) groups excluding carboxylic acids is 1. The zero-order valence-corrected chi connectivity index (χ0v) is 17.2. The van der Waals surface area contributed by atoms with Crippen molar-refractivity contribution in [3.8, 4) is 5.88 Å². The van der Waals surface area contributed by atoms with Crippen LogP contribution in [0, 0.1) is 9.62 Å². The molecular weight excluding hydrogens is 431 g/mol. The van der Waals surface area contributed by atoms with Crippen LogP contribution >= 0.6 is 22.6 Å². The molecular formula is C18H27IN4O2. The summed E-state index contributed by atoms with van der Waals surface area (Å²) in [6, 6.07) is 4.32. The topological polar surface area (TPSA) is 58.6 Å². The molecule has 2 fully saturated rings. The van der Waals surface area contributed by atoms with Gasteiger partial charge in [0.2, 0.25) is 11.8 Å². The maximum absolute atomic E-state index is 12.8. The molecule has 1 aromatic rings. The molecule has 0 N–H and O–H groups in total. The fourth-order valence-corrected chi connectivity index (χ4v) is 3.97. The summed E-state index contributed by atoms with van der Waals surface area (Å²) in [7, 11) is 0. The molecule has 0 bridgehead atoms. The van der Waals surface area contributed by atoms with Gasteiger partial charge in [-0.25, -0.2) is 0 Å². The Labute approximate surface area is 163 Å². The van der Waals surface area contributed by atoms with E-state index in [1.54, 1.807) is 0 Å². The Bertz CT molecular complexity index is 565. The highest BCUT2D eigenvalue weighted by molar-refractivity contribution is 14.1. The van der Waals surface area contributed by atoms with Crippen LogP contribution in [0.4, 0.5) is 0 Å². The molecule has 0 spiro atoms. The lowest BCUT2D eigenvalue weighted by Gasteiger charge is -2.39. The Morgan fingerprint density at radius 2 is 1.80 bits per heavy atom. The molecule has 0 atom stereocenters. The van der Waals surface area contributed by atoms with Crippen LogP contribution in [-0.4, -0.2) is 64.2 Å². The Hall–Kier alpha value is -0.960. The van der Waals surface area contributed by atoms with Crippen LogP contribution in [0.15, 0.2) is 12.1 Å². The second-order valence-corrected chi connectivity index (χ2v) is 8.35. The maximum Gasteiger partial charge on any atom is 0.233 e. The van der Waals surface area contributed by atoms with Gasteiger partial charge in [0.1, 0.15) is 9.80 Å². The first-order valence-corrected chi connectivity index (χ1v) is 10.3. The van der Waals surface area contributed by atoms with Crippen LogP contribution in [0.25, 0.3) is 0 Å². The molecule has 138 valence electrons. The van der Waals surface area contributed by atoms with E-state index in [1.807, 2.05) is 12.1 Å². The fraction of sp³-hybridized carbons (Fsp3) is 0.722. The van der Waals surface area contributed by atoms with Crippen molar-refractivity contribution in [2.45, 2.75) is 51.7 Å². The van der Waals surface area contributed by atoms with Gasteiger partial charge in [-0.1, -0.05) is 0 Å². The van der Waals surface area contributed by atoms with E-state index >= 15 is 0 Å². The van der Waals surface area contributed by atoms with Crippen LogP contribution < -0.4 is 4.74 Å². The number of carbonyl (C=O) groups is 1. The summed E-state index contributed by atoms with van der Waals surface area (Å²) in [4.78, 5) is 17.3. The number of nitrogens with zero attached hydrogens (tertiary/aromatic N) is 4. The summed E-state index contributed by atoms with van der Waals surface area (Å²) in [5.41, 5.74) is 0. The maximum atomic E-state index is 12.8. The lowest BCUT2D eigenvalue weighted by atomic mass is 9.86. The van der Waals surface area contributed by atoms with Crippen molar-refractivity contribution in [2.75, 3.05) is 26.2 Å². The monoisotopic (exact) mass is 458 g/mol. The van der Waals surface area contributed by atoms with E-state index in [0.717, 1.165) is 55.6 Å². The molecule has 2 heterocycles. The molecule has 1 amide bonds. The standard InChI is InChI=1S/C18H27IN4O2/c1-13(2)22-9-11-23(12-10-22)18(24)14-3-5-15(6-4-14)25-17-8-7-16(19)20-21-17/h7-8,13-15H,3-6,9-12H2,1-2H3/t14-,15-. The normalized spacial score (nSPS) is 25.2. The summed E-state index contributed by atoms with van der Waals surface area (Å²) < 4.78 is 6.77. The minimum Gasteiger partial charge on any atom is -0.473 e. The second-order valence-electron chi connectivity index (χ2n) is 7.24. The third-order valence-corrected chi connectivity index (χ3v) is 5.85. The van der Waals surface area contributed by atoms with Gasteiger partial charge in [-0.15, -0.1) is 10.2 Å². The second kappa shape index (κ2) is 8.62.